The molecule has 0 bridgehead atoms. The summed E-state index contributed by atoms with van der Waals surface area (Å²) >= 11 is 0. The van der Waals surface area contributed by atoms with E-state index in [-0.39, 0.29) is 17.0 Å². The van der Waals surface area contributed by atoms with E-state index in [0.717, 1.165) is 5.75 Å². The summed E-state index contributed by atoms with van der Waals surface area (Å²) in [4.78, 5) is 3.96. The molecule has 0 amide bonds. The van der Waals surface area contributed by atoms with E-state index in [4.69, 9.17) is 17.7 Å². The molecule has 3 aromatic rings. The van der Waals surface area contributed by atoms with Crippen molar-refractivity contribution in [2.24, 2.45) is 0 Å². The minimum Gasteiger partial charge on any atom is -0.741 e. The minimum atomic E-state index is -6.09. The van der Waals surface area contributed by atoms with Gasteiger partial charge in [-0.15, -0.1) is 0 Å². The molecule has 0 fully saturated rings. The third-order valence-electron chi connectivity index (χ3n) is 3.67. The van der Waals surface area contributed by atoms with E-state index < -0.39 is 15.6 Å². The summed E-state index contributed by atoms with van der Waals surface area (Å²) in [6.07, 6.45) is 0.197. The summed E-state index contributed by atoms with van der Waals surface area (Å²) in [5.74, 6) is 0.924. The molecule has 3 rings (SSSR count). The van der Waals surface area contributed by atoms with Crippen LogP contribution in [-0.2, 0) is 21.0 Å². The van der Waals surface area contributed by atoms with Gasteiger partial charge in [0.25, 0.3) is 0 Å². The first kappa shape index (κ1) is 24.8. The summed E-state index contributed by atoms with van der Waals surface area (Å²) < 4.78 is 64.7. The zero-order valence-electron chi connectivity index (χ0n) is 16.7. The van der Waals surface area contributed by atoms with Gasteiger partial charge in [-0.3, -0.25) is 0 Å². The fourth-order valence-corrected chi connectivity index (χ4v) is 4.53. The Hall–Kier alpha value is -2.49. The van der Waals surface area contributed by atoms with Gasteiger partial charge in [-0.1, -0.05) is 36.4 Å². The summed E-state index contributed by atoms with van der Waals surface area (Å²) in [6.45, 7) is 4.10. The van der Waals surface area contributed by atoms with Gasteiger partial charge in [0.15, 0.2) is 24.8 Å². The summed E-state index contributed by atoms with van der Waals surface area (Å²) in [7, 11) is -6.18. The van der Waals surface area contributed by atoms with E-state index in [1.807, 2.05) is 13.8 Å². The second-order valence-electron chi connectivity index (χ2n) is 6.47. The number of ether oxygens (including phenoxy) is 1. The van der Waals surface area contributed by atoms with E-state index in [1.54, 1.807) is 0 Å². The van der Waals surface area contributed by atoms with Crippen molar-refractivity contribution < 1.29 is 30.9 Å². The number of hydrogen-bond donors (Lipinski definition) is 0. The van der Waals surface area contributed by atoms with E-state index in [2.05, 4.69) is 84.9 Å². The molecule has 0 aliphatic heterocycles. The molecule has 0 aliphatic carbocycles. The molecular formula is C22H21F3O4S2. The number of rotatable bonds is 5. The zero-order valence-corrected chi connectivity index (χ0v) is 18.4. The fraction of sp³-hybridized carbons (Fsp3) is 0.182. The van der Waals surface area contributed by atoms with Crippen molar-refractivity contribution in [1.82, 2.24) is 0 Å². The quantitative estimate of drug-likeness (QED) is 0.276. The Morgan fingerprint density at radius 1 is 0.774 bits per heavy atom. The largest absolute Gasteiger partial charge is 0.741 e. The standard InChI is InChI=1S/C21H21OS.CHF3O3S/c1-17(2)22-18-13-15-21(16-14-18)23(19-9-5-3-6-10-19)20-11-7-4-8-12-20;2-1(3,4)8(5,6)7/h3-17H,1-2H3;(H,5,6,7)/q+1;/p-1. The lowest BCUT2D eigenvalue weighted by Gasteiger charge is -2.11. The van der Waals surface area contributed by atoms with Crippen molar-refractivity contribution >= 4 is 21.0 Å². The van der Waals surface area contributed by atoms with E-state index in [0.29, 0.717) is 0 Å². The molecule has 31 heavy (non-hydrogen) atoms. The van der Waals surface area contributed by atoms with Crippen LogP contribution in [0.3, 0.4) is 0 Å². The normalized spacial score (nSPS) is 11.7. The molecule has 0 heterocycles. The molecule has 0 spiro atoms. The summed E-state index contributed by atoms with van der Waals surface area (Å²) in [6, 6.07) is 29.9. The van der Waals surface area contributed by atoms with Crippen molar-refractivity contribution in [3.63, 3.8) is 0 Å². The monoisotopic (exact) mass is 470 g/mol. The maximum absolute atomic E-state index is 10.7. The van der Waals surface area contributed by atoms with Crippen molar-refractivity contribution in [3.8, 4) is 5.75 Å². The van der Waals surface area contributed by atoms with Crippen LogP contribution in [-0.4, -0.2) is 24.6 Å². The Morgan fingerprint density at radius 2 is 1.13 bits per heavy atom. The van der Waals surface area contributed by atoms with Crippen molar-refractivity contribution in [3.05, 3.63) is 84.9 Å². The Labute approximate surface area is 182 Å². The summed E-state index contributed by atoms with van der Waals surface area (Å²) in [5, 5.41) is 0. The van der Waals surface area contributed by atoms with Gasteiger partial charge >= 0.3 is 5.51 Å². The maximum Gasteiger partial charge on any atom is 0.485 e. The third-order valence-corrected chi connectivity index (χ3v) is 6.47. The molecule has 0 N–H and O–H groups in total. The fourth-order valence-electron chi connectivity index (χ4n) is 2.45. The number of halogens is 3. The molecular weight excluding hydrogens is 449 g/mol. The molecule has 4 nitrogen and oxygen atoms in total. The van der Waals surface area contributed by atoms with Crippen LogP contribution in [0.5, 0.6) is 5.75 Å². The SMILES string of the molecule is CC(C)Oc1ccc([S+](c2ccccc2)c2ccccc2)cc1.O=S(=O)([O-])C(F)(F)F. The zero-order chi connectivity index (χ0) is 23.1. The maximum atomic E-state index is 10.7. The lowest BCUT2D eigenvalue weighted by molar-refractivity contribution is -0.0517. The summed E-state index contributed by atoms with van der Waals surface area (Å²) in [5.41, 5.74) is -5.65. The smallest absolute Gasteiger partial charge is 0.485 e. The molecule has 9 heteroatoms. The third kappa shape index (κ3) is 7.61. The predicted octanol–water partition coefficient (Wildman–Crippen LogP) is 5.62. The number of benzene rings is 3. The van der Waals surface area contributed by atoms with Gasteiger partial charge in [0.05, 0.1) is 17.0 Å². The topological polar surface area (TPSA) is 66.4 Å². The molecule has 0 aliphatic rings. The van der Waals surface area contributed by atoms with Crippen molar-refractivity contribution in [2.45, 2.75) is 40.1 Å². The van der Waals surface area contributed by atoms with E-state index in [9.17, 15) is 13.2 Å². The van der Waals surface area contributed by atoms with Crippen LogP contribution >= 0.6 is 0 Å². The van der Waals surface area contributed by atoms with Gasteiger partial charge in [-0.25, -0.2) is 8.42 Å². The average Bonchev–Trinajstić information content (AvgIpc) is 2.70. The molecule has 0 radical (unpaired) electrons. The Bertz CT molecular complexity index is 998. The molecule has 3 aromatic carbocycles. The molecule has 0 saturated carbocycles. The van der Waals surface area contributed by atoms with Crippen LogP contribution in [0.2, 0.25) is 0 Å². The highest BCUT2D eigenvalue weighted by molar-refractivity contribution is 7.97. The molecule has 166 valence electrons. The first-order valence-corrected chi connectivity index (χ1v) is 11.8. The second kappa shape index (κ2) is 10.7. The predicted molar refractivity (Wildman–Crippen MR) is 113 cm³/mol. The van der Waals surface area contributed by atoms with E-state index in [1.165, 1.54) is 14.7 Å². The van der Waals surface area contributed by atoms with Crippen LogP contribution < -0.4 is 4.74 Å². The second-order valence-corrected chi connectivity index (χ2v) is 9.87. The van der Waals surface area contributed by atoms with Crippen LogP contribution in [0, 0.1) is 0 Å². The van der Waals surface area contributed by atoms with Crippen LogP contribution in [0.15, 0.2) is 99.6 Å². The number of hydrogen-bond acceptors (Lipinski definition) is 4. The van der Waals surface area contributed by atoms with Gasteiger partial charge in [-0.2, -0.15) is 13.2 Å². The van der Waals surface area contributed by atoms with Gasteiger partial charge in [-0.05, 0) is 62.4 Å². The van der Waals surface area contributed by atoms with Crippen molar-refractivity contribution in [2.75, 3.05) is 0 Å². The molecule has 0 unspecified atom stereocenters. The van der Waals surface area contributed by atoms with Crippen molar-refractivity contribution in [1.29, 1.82) is 0 Å². The lowest BCUT2D eigenvalue weighted by atomic mass is 10.3. The molecule has 0 aromatic heterocycles. The highest BCUT2D eigenvalue weighted by Crippen LogP contribution is 2.32. The Morgan fingerprint density at radius 3 is 1.45 bits per heavy atom. The minimum absolute atomic E-state index is 0.0911. The Kier molecular flexibility index (Phi) is 8.55. The Balaban J connectivity index is 0.000000366. The highest BCUT2D eigenvalue weighted by Gasteiger charge is 2.37. The van der Waals surface area contributed by atoms with Crippen LogP contribution in [0.25, 0.3) is 0 Å². The number of alkyl halides is 3. The molecule has 0 saturated heterocycles. The van der Waals surface area contributed by atoms with E-state index >= 15 is 0 Å². The van der Waals surface area contributed by atoms with Crippen LogP contribution in [0.1, 0.15) is 13.8 Å². The van der Waals surface area contributed by atoms with Gasteiger partial charge < -0.3 is 9.29 Å². The van der Waals surface area contributed by atoms with Gasteiger partial charge in [0, 0.05) is 0 Å². The van der Waals surface area contributed by atoms with Gasteiger partial charge in [0.2, 0.25) is 0 Å². The first-order valence-electron chi connectivity index (χ1n) is 9.12. The lowest BCUT2D eigenvalue weighted by Crippen LogP contribution is -2.21. The average molecular weight is 471 g/mol. The van der Waals surface area contributed by atoms with Gasteiger partial charge in [0.1, 0.15) is 5.75 Å². The molecule has 0 atom stereocenters. The first-order chi connectivity index (χ1) is 14.5. The highest BCUT2D eigenvalue weighted by atomic mass is 32.2. The van der Waals surface area contributed by atoms with Crippen LogP contribution in [0.4, 0.5) is 13.2 Å².